The Morgan fingerprint density at radius 2 is 2.20 bits per heavy atom. The molecule has 0 bridgehead atoms. The Balaban J connectivity index is 0.00000112. The first-order chi connectivity index (χ1) is 6.77. The molecule has 0 spiro atoms. The van der Waals surface area contributed by atoms with Crippen LogP contribution in [-0.4, -0.2) is 27.8 Å². The fraction of sp³-hybridized carbons (Fsp3) is 0.625. The maximum absolute atomic E-state index is 10.4. The SMILES string of the molecule is Cl.O=[N+]([O-])c1cnn(C2CCNCC2)c1. The van der Waals surface area contributed by atoms with Crippen LogP contribution < -0.4 is 5.32 Å². The summed E-state index contributed by atoms with van der Waals surface area (Å²) in [4.78, 5) is 10.0. The molecular weight excluding hydrogens is 220 g/mol. The number of halogens is 1. The number of nitro groups is 1. The van der Waals surface area contributed by atoms with Crippen molar-refractivity contribution in [2.24, 2.45) is 0 Å². The lowest BCUT2D eigenvalue weighted by Gasteiger charge is -2.22. The Morgan fingerprint density at radius 3 is 2.73 bits per heavy atom. The molecule has 1 N–H and O–H groups in total. The van der Waals surface area contributed by atoms with Gasteiger partial charge in [-0.2, -0.15) is 5.10 Å². The number of rotatable bonds is 2. The van der Waals surface area contributed by atoms with Gasteiger partial charge in [0.15, 0.2) is 0 Å². The van der Waals surface area contributed by atoms with Crippen LogP contribution in [-0.2, 0) is 0 Å². The predicted molar refractivity (Wildman–Crippen MR) is 57.3 cm³/mol. The third-order valence-corrected chi connectivity index (χ3v) is 2.48. The van der Waals surface area contributed by atoms with Crippen LogP contribution in [0.25, 0.3) is 0 Å². The van der Waals surface area contributed by atoms with E-state index >= 15 is 0 Å². The highest BCUT2D eigenvalue weighted by Crippen LogP contribution is 2.19. The van der Waals surface area contributed by atoms with Crippen LogP contribution in [0.15, 0.2) is 12.4 Å². The monoisotopic (exact) mass is 232 g/mol. The fourth-order valence-electron chi connectivity index (χ4n) is 1.69. The molecule has 1 fully saturated rings. The molecule has 1 aromatic heterocycles. The summed E-state index contributed by atoms with van der Waals surface area (Å²) < 4.78 is 1.71. The predicted octanol–water partition coefficient (Wildman–Crippen LogP) is 1.14. The summed E-state index contributed by atoms with van der Waals surface area (Å²) in [6, 6.07) is 0.310. The fourth-order valence-corrected chi connectivity index (χ4v) is 1.69. The van der Waals surface area contributed by atoms with Crippen LogP contribution in [0.4, 0.5) is 5.69 Å². The summed E-state index contributed by atoms with van der Waals surface area (Å²) in [5.41, 5.74) is 0.0727. The van der Waals surface area contributed by atoms with E-state index in [9.17, 15) is 10.1 Å². The number of nitrogens with one attached hydrogen (secondary N) is 1. The van der Waals surface area contributed by atoms with E-state index in [0.717, 1.165) is 25.9 Å². The van der Waals surface area contributed by atoms with Crippen molar-refractivity contribution in [1.29, 1.82) is 0 Å². The van der Waals surface area contributed by atoms with Crippen molar-refractivity contribution >= 4 is 18.1 Å². The van der Waals surface area contributed by atoms with E-state index in [1.807, 2.05) is 0 Å². The molecule has 0 aliphatic carbocycles. The second-order valence-corrected chi connectivity index (χ2v) is 3.42. The number of nitrogens with zero attached hydrogens (tertiary/aromatic N) is 3. The molecule has 2 rings (SSSR count). The topological polar surface area (TPSA) is 73.0 Å². The first-order valence-corrected chi connectivity index (χ1v) is 4.66. The zero-order valence-corrected chi connectivity index (χ0v) is 8.94. The van der Waals surface area contributed by atoms with E-state index in [2.05, 4.69) is 10.4 Å². The molecule has 1 aliphatic heterocycles. The highest BCUT2D eigenvalue weighted by atomic mass is 35.5. The second kappa shape index (κ2) is 5.09. The molecule has 7 heteroatoms. The van der Waals surface area contributed by atoms with E-state index in [1.165, 1.54) is 12.4 Å². The molecule has 6 nitrogen and oxygen atoms in total. The van der Waals surface area contributed by atoms with Crippen molar-refractivity contribution < 1.29 is 4.92 Å². The van der Waals surface area contributed by atoms with E-state index in [0.29, 0.717) is 6.04 Å². The van der Waals surface area contributed by atoms with Crippen LogP contribution >= 0.6 is 12.4 Å². The summed E-state index contributed by atoms with van der Waals surface area (Å²) in [5, 5.41) is 17.7. The third-order valence-electron chi connectivity index (χ3n) is 2.48. The van der Waals surface area contributed by atoms with Crippen molar-refractivity contribution in [3.05, 3.63) is 22.5 Å². The van der Waals surface area contributed by atoms with Crippen LogP contribution in [0.5, 0.6) is 0 Å². The molecule has 1 aromatic rings. The highest BCUT2D eigenvalue weighted by Gasteiger charge is 2.18. The van der Waals surface area contributed by atoms with Gasteiger partial charge in [0.2, 0.25) is 0 Å². The first kappa shape index (κ1) is 11.9. The molecule has 15 heavy (non-hydrogen) atoms. The van der Waals surface area contributed by atoms with Gasteiger partial charge < -0.3 is 5.32 Å². The van der Waals surface area contributed by atoms with E-state index in [1.54, 1.807) is 4.68 Å². The average molecular weight is 233 g/mol. The van der Waals surface area contributed by atoms with E-state index in [4.69, 9.17) is 0 Å². The molecule has 0 unspecified atom stereocenters. The Labute approximate surface area is 93.2 Å². The molecule has 0 saturated carbocycles. The van der Waals surface area contributed by atoms with Gasteiger partial charge in [0.25, 0.3) is 0 Å². The van der Waals surface area contributed by atoms with Crippen molar-refractivity contribution in [2.45, 2.75) is 18.9 Å². The molecule has 0 radical (unpaired) electrons. The summed E-state index contributed by atoms with van der Waals surface area (Å²) >= 11 is 0. The lowest BCUT2D eigenvalue weighted by atomic mass is 10.1. The minimum Gasteiger partial charge on any atom is -0.317 e. The number of aromatic nitrogens is 2. The van der Waals surface area contributed by atoms with Gasteiger partial charge in [0, 0.05) is 0 Å². The smallest absolute Gasteiger partial charge is 0.307 e. The van der Waals surface area contributed by atoms with Crippen molar-refractivity contribution in [3.8, 4) is 0 Å². The minimum absolute atomic E-state index is 0. The van der Waals surface area contributed by atoms with E-state index in [-0.39, 0.29) is 18.1 Å². The number of piperidine rings is 1. The van der Waals surface area contributed by atoms with Crippen LogP contribution in [0.2, 0.25) is 0 Å². The lowest BCUT2D eigenvalue weighted by molar-refractivity contribution is -0.385. The summed E-state index contributed by atoms with van der Waals surface area (Å²) in [7, 11) is 0. The van der Waals surface area contributed by atoms with Crippen molar-refractivity contribution in [2.75, 3.05) is 13.1 Å². The molecule has 1 aliphatic rings. The highest BCUT2D eigenvalue weighted by molar-refractivity contribution is 5.85. The maximum atomic E-state index is 10.4. The van der Waals surface area contributed by atoms with Crippen molar-refractivity contribution in [3.63, 3.8) is 0 Å². The first-order valence-electron chi connectivity index (χ1n) is 4.66. The lowest BCUT2D eigenvalue weighted by Crippen LogP contribution is -2.29. The molecule has 84 valence electrons. The van der Waals surface area contributed by atoms with Crippen molar-refractivity contribution in [1.82, 2.24) is 15.1 Å². The standard InChI is InChI=1S/C8H12N4O2.ClH/c13-12(14)8-5-10-11(6-8)7-1-3-9-4-2-7;/h5-7,9H,1-4H2;1H. The van der Waals surface area contributed by atoms with Gasteiger partial charge in [-0.1, -0.05) is 0 Å². The van der Waals surface area contributed by atoms with Gasteiger partial charge in [-0.15, -0.1) is 12.4 Å². The number of hydrogen-bond acceptors (Lipinski definition) is 4. The largest absolute Gasteiger partial charge is 0.317 e. The Morgan fingerprint density at radius 1 is 1.53 bits per heavy atom. The molecule has 0 amide bonds. The van der Waals surface area contributed by atoms with Gasteiger partial charge in [0.05, 0.1) is 11.0 Å². The zero-order valence-electron chi connectivity index (χ0n) is 8.13. The van der Waals surface area contributed by atoms with Gasteiger partial charge in [-0.3, -0.25) is 14.8 Å². The molecular formula is C8H13ClN4O2. The zero-order chi connectivity index (χ0) is 9.97. The van der Waals surface area contributed by atoms with Crippen LogP contribution in [0.1, 0.15) is 18.9 Å². The normalized spacial score (nSPS) is 17.1. The summed E-state index contributed by atoms with van der Waals surface area (Å²) in [5.74, 6) is 0. The quantitative estimate of drug-likeness (QED) is 0.613. The maximum Gasteiger partial charge on any atom is 0.307 e. The third kappa shape index (κ3) is 2.66. The van der Waals surface area contributed by atoms with Crippen LogP contribution in [0.3, 0.4) is 0 Å². The van der Waals surface area contributed by atoms with Gasteiger partial charge >= 0.3 is 5.69 Å². The van der Waals surface area contributed by atoms with E-state index < -0.39 is 4.92 Å². The second-order valence-electron chi connectivity index (χ2n) is 3.42. The van der Waals surface area contributed by atoms with Gasteiger partial charge in [-0.05, 0) is 25.9 Å². The molecule has 0 aromatic carbocycles. The average Bonchev–Trinajstić information content (AvgIpc) is 2.68. The van der Waals surface area contributed by atoms with Crippen LogP contribution in [0, 0.1) is 10.1 Å². The Bertz CT molecular complexity index is 335. The molecule has 0 atom stereocenters. The van der Waals surface area contributed by atoms with Gasteiger partial charge in [-0.25, -0.2) is 0 Å². The Kier molecular flexibility index (Phi) is 4.05. The molecule has 1 saturated heterocycles. The Hall–Kier alpha value is -1.14. The summed E-state index contributed by atoms with van der Waals surface area (Å²) in [6.45, 7) is 1.91. The minimum atomic E-state index is -0.412. The summed E-state index contributed by atoms with van der Waals surface area (Å²) in [6.07, 6.45) is 4.79. The van der Waals surface area contributed by atoms with Gasteiger partial charge in [0.1, 0.15) is 12.4 Å². The molecule has 2 heterocycles. The number of hydrogen-bond donors (Lipinski definition) is 1.